The fraction of sp³-hybridized carbons (Fsp3) is 0.235. The molecule has 1 amide bonds. The Morgan fingerprint density at radius 3 is 2.78 bits per heavy atom. The van der Waals surface area contributed by atoms with Crippen LogP contribution in [0.15, 0.2) is 35.4 Å². The van der Waals surface area contributed by atoms with Gasteiger partial charge >= 0.3 is 0 Å². The largest absolute Gasteiger partial charge is 0.391 e. The SMILES string of the molecule is CC(O)[C@H]1C=Cc2c(cn(C)c2C(=O)Nc2ccc(F)c(Cl)c2)S(=O)(=O)N1. The summed E-state index contributed by atoms with van der Waals surface area (Å²) >= 11 is 5.72. The van der Waals surface area contributed by atoms with Crippen LogP contribution in [0.25, 0.3) is 6.08 Å². The second-order valence-electron chi connectivity index (χ2n) is 6.20. The first-order valence-electron chi connectivity index (χ1n) is 7.94. The third-order valence-corrected chi connectivity index (χ3v) is 5.92. The Hall–Kier alpha value is -2.20. The molecule has 1 aliphatic heterocycles. The van der Waals surface area contributed by atoms with E-state index in [4.69, 9.17) is 11.6 Å². The molecule has 3 rings (SSSR count). The molecule has 2 aromatic rings. The van der Waals surface area contributed by atoms with Crippen LogP contribution in [0.4, 0.5) is 10.1 Å². The smallest absolute Gasteiger partial charge is 0.272 e. The number of rotatable bonds is 3. The van der Waals surface area contributed by atoms with Gasteiger partial charge in [0.25, 0.3) is 5.91 Å². The van der Waals surface area contributed by atoms with E-state index in [9.17, 15) is 22.7 Å². The van der Waals surface area contributed by atoms with Gasteiger partial charge in [0.2, 0.25) is 10.0 Å². The number of amides is 1. The minimum atomic E-state index is -3.94. The van der Waals surface area contributed by atoms with Crippen molar-refractivity contribution in [2.24, 2.45) is 7.05 Å². The van der Waals surface area contributed by atoms with Crippen LogP contribution in [0.1, 0.15) is 23.0 Å². The molecule has 0 bridgehead atoms. The topological polar surface area (TPSA) is 100 Å². The van der Waals surface area contributed by atoms with Crippen LogP contribution in [0.2, 0.25) is 5.02 Å². The first-order chi connectivity index (χ1) is 12.6. The van der Waals surface area contributed by atoms with Crippen molar-refractivity contribution in [2.45, 2.75) is 24.0 Å². The van der Waals surface area contributed by atoms with Crippen molar-refractivity contribution in [3.8, 4) is 0 Å². The minimum absolute atomic E-state index is 0.0771. The molecule has 0 saturated heterocycles. The predicted octanol–water partition coefficient (Wildman–Crippen LogP) is 2.12. The van der Waals surface area contributed by atoms with Gasteiger partial charge in [-0.05, 0) is 25.1 Å². The molecule has 0 saturated carbocycles. The lowest BCUT2D eigenvalue weighted by Crippen LogP contribution is -2.39. The maximum Gasteiger partial charge on any atom is 0.272 e. The van der Waals surface area contributed by atoms with Crippen LogP contribution >= 0.6 is 11.6 Å². The van der Waals surface area contributed by atoms with Gasteiger partial charge in [0, 0.05) is 24.5 Å². The van der Waals surface area contributed by atoms with Gasteiger partial charge in [-0.25, -0.2) is 17.5 Å². The van der Waals surface area contributed by atoms with Crippen molar-refractivity contribution < 1.29 is 22.7 Å². The molecule has 0 aliphatic carbocycles. The Morgan fingerprint density at radius 1 is 1.44 bits per heavy atom. The van der Waals surface area contributed by atoms with Gasteiger partial charge in [-0.2, -0.15) is 0 Å². The number of aliphatic hydroxyl groups excluding tert-OH is 1. The highest BCUT2D eigenvalue weighted by atomic mass is 35.5. The summed E-state index contributed by atoms with van der Waals surface area (Å²) in [5.41, 5.74) is 0.555. The maximum absolute atomic E-state index is 13.3. The summed E-state index contributed by atoms with van der Waals surface area (Å²) in [4.78, 5) is 12.7. The second-order valence-corrected chi connectivity index (χ2v) is 8.29. The number of nitrogens with zero attached hydrogens (tertiary/aromatic N) is 1. The molecular formula is C17H17ClFN3O4S. The number of hydrogen-bond donors (Lipinski definition) is 3. The summed E-state index contributed by atoms with van der Waals surface area (Å²) in [5, 5.41) is 12.1. The zero-order valence-corrected chi connectivity index (χ0v) is 16.0. The Kier molecular flexibility index (Phi) is 5.13. The van der Waals surface area contributed by atoms with Crippen molar-refractivity contribution in [3.05, 3.63) is 52.6 Å². The quantitative estimate of drug-likeness (QED) is 0.717. The van der Waals surface area contributed by atoms with Crippen LogP contribution < -0.4 is 10.0 Å². The monoisotopic (exact) mass is 413 g/mol. The van der Waals surface area contributed by atoms with Crippen LogP contribution in [0, 0.1) is 5.82 Å². The summed E-state index contributed by atoms with van der Waals surface area (Å²) in [6.07, 6.45) is 3.34. The Bertz CT molecular complexity index is 1050. The van der Waals surface area contributed by atoms with Gasteiger partial charge in [-0.1, -0.05) is 23.8 Å². The van der Waals surface area contributed by atoms with Crippen molar-refractivity contribution in [1.82, 2.24) is 9.29 Å². The molecule has 7 nitrogen and oxygen atoms in total. The summed E-state index contributed by atoms with van der Waals surface area (Å²) in [5.74, 6) is -1.21. The van der Waals surface area contributed by atoms with Crippen molar-refractivity contribution >= 4 is 39.3 Å². The number of aromatic nitrogens is 1. The highest BCUT2D eigenvalue weighted by Gasteiger charge is 2.31. The van der Waals surface area contributed by atoms with E-state index >= 15 is 0 Å². The Morgan fingerprint density at radius 2 is 2.15 bits per heavy atom. The van der Waals surface area contributed by atoms with Gasteiger partial charge in [0.05, 0.1) is 17.2 Å². The second kappa shape index (κ2) is 7.08. The number of carbonyl (C=O) groups excluding carboxylic acids is 1. The molecule has 1 aliphatic rings. The number of fused-ring (bicyclic) bond motifs is 1. The lowest BCUT2D eigenvalue weighted by atomic mass is 10.1. The fourth-order valence-corrected chi connectivity index (χ4v) is 4.47. The van der Waals surface area contributed by atoms with E-state index in [-0.39, 0.29) is 26.9 Å². The van der Waals surface area contributed by atoms with E-state index in [0.717, 1.165) is 6.07 Å². The molecule has 144 valence electrons. The zero-order chi connectivity index (χ0) is 19.9. The normalized spacial score (nSPS) is 19.2. The third kappa shape index (κ3) is 3.77. The molecular weight excluding hydrogens is 397 g/mol. The van der Waals surface area contributed by atoms with E-state index in [0.29, 0.717) is 0 Å². The number of benzene rings is 1. The molecule has 0 spiro atoms. The minimum Gasteiger partial charge on any atom is -0.391 e. The first-order valence-corrected chi connectivity index (χ1v) is 9.80. The van der Waals surface area contributed by atoms with Crippen molar-refractivity contribution in [3.63, 3.8) is 0 Å². The molecule has 1 unspecified atom stereocenters. The molecule has 3 N–H and O–H groups in total. The van der Waals surface area contributed by atoms with Crippen molar-refractivity contribution in [1.29, 1.82) is 0 Å². The van der Waals surface area contributed by atoms with Gasteiger partial charge in [0.15, 0.2) is 0 Å². The molecule has 2 atom stereocenters. The number of halogens is 2. The first kappa shape index (κ1) is 19.6. The summed E-state index contributed by atoms with van der Waals surface area (Å²) in [7, 11) is -2.40. The molecule has 10 heteroatoms. The van der Waals surface area contributed by atoms with Crippen LogP contribution in [0.5, 0.6) is 0 Å². The highest BCUT2D eigenvalue weighted by molar-refractivity contribution is 7.89. The predicted molar refractivity (Wildman–Crippen MR) is 99.6 cm³/mol. The fourth-order valence-electron chi connectivity index (χ4n) is 2.78. The number of nitrogens with one attached hydrogen (secondary N) is 2. The number of anilines is 1. The summed E-state index contributed by atoms with van der Waals surface area (Å²) in [6, 6.07) is 2.90. The van der Waals surface area contributed by atoms with Crippen LogP contribution in [0.3, 0.4) is 0 Å². The molecule has 27 heavy (non-hydrogen) atoms. The average molecular weight is 414 g/mol. The number of carbonyl (C=O) groups is 1. The number of aliphatic hydroxyl groups is 1. The van der Waals surface area contributed by atoms with Crippen LogP contribution in [-0.2, 0) is 17.1 Å². The van der Waals surface area contributed by atoms with Crippen molar-refractivity contribution in [2.75, 3.05) is 5.32 Å². The standard InChI is InChI=1S/C17H17ClFN3O4S/c1-9(23)14-6-4-11-15(27(25,26)21-14)8-22(2)16(11)17(24)20-10-3-5-13(19)12(18)7-10/h3-9,14,21,23H,1-2H3,(H,20,24)/t9?,14-/m1/s1. The van der Waals surface area contributed by atoms with Crippen LogP contribution in [-0.4, -0.2) is 36.1 Å². The van der Waals surface area contributed by atoms with E-state index in [1.807, 2.05) is 0 Å². The summed E-state index contributed by atoms with van der Waals surface area (Å²) < 4.78 is 42.2. The third-order valence-electron chi connectivity index (χ3n) is 4.15. The van der Waals surface area contributed by atoms with E-state index < -0.39 is 33.9 Å². The number of sulfonamides is 1. The molecule has 1 aromatic heterocycles. The Balaban J connectivity index is 2.03. The average Bonchev–Trinajstić information content (AvgIpc) is 2.85. The van der Waals surface area contributed by atoms with Gasteiger partial charge in [-0.15, -0.1) is 0 Å². The lowest BCUT2D eigenvalue weighted by Gasteiger charge is -2.15. The van der Waals surface area contributed by atoms with E-state index in [2.05, 4.69) is 10.0 Å². The number of aryl methyl sites for hydroxylation is 1. The van der Waals surface area contributed by atoms with E-state index in [1.165, 1.54) is 49.0 Å². The van der Waals surface area contributed by atoms with E-state index in [1.54, 1.807) is 0 Å². The Labute approximate surface area is 160 Å². The zero-order valence-electron chi connectivity index (χ0n) is 14.4. The molecule has 0 fully saturated rings. The molecule has 0 radical (unpaired) electrons. The van der Waals surface area contributed by atoms with Gasteiger partial charge in [-0.3, -0.25) is 4.79 Å². The maximum atomic E-state index is 13.3. The summed E-state index contributed by atoms with van der Waals surface area (Å²) in [6.45, 7) is 1.46. The highest BCUT2D eigenvalue weighted by Crippen LogP contribution is 2.28. The molecule has 2 heterocycles. The lowest BCUT2D eigenvalue weighted by molar-refractivity contribution is 0.101. The molecule has 1 aromatic carbocycles. The van der Waals surface area contributed by atoms with Gasteiger partial charge in [0.1, 0.15) is 16.4 Å². The number of hydrogen-bond acceptors (Lipinski definition) is 4. The van der Waals surface area contributed by atoms with Gasteiger partial charge < -0.3 is 15.0 Å².